The predicted octanol–water partition coefficient (Wildman–Crippen LogP) is 2.27. The number of carboxylic acids is 1. The highest BCUT2D eigenvalue weighted by Crippen LogP contribution is 2.28. The van der Waals surface area contributed by atoms with Crippen molar-refractivity contribution >= 4 is 17.7 Å². The zero-order valence-electron chi connectivity index (χ0n) is 9.39. The molecule has 2 aromatic rings. The molecule has 0 fully saturated rings. The second kappa shape index (κ2) is 4.58. The number of pyridine rings is 1. The molecule has 0 atom stereocenters. The molecule has 0 aliphatic heterocycles. The molecule has 0 aromatic carbocycles. The molecule has 2 N–H and O–H groups in total. The molecule has 0 aliphatic carbocycles. The van der Waals surface area contributed by atoms with E-state index in [1.54, 1.807) is 25.4 Å². The number of aromatic amines is 1. The molecule has 0 saturated carbocycles. The fraction of sp³-hybridized carbons (Fsp3) is 0.182. The Hall–Kier alpha value is -1.82. The lowest BCUT2D eigenvalue weighted by Gasteiger charge is -2.07. The number of rotatable bonds is 3. The van der Waals surface area contributed by atoms with Crippen molar-refractivity contribution in [2.75, 3.05) is 0 Å². The molecule has 0 radical (unpaired) electrons. The molecule has 0 unspecified atom stereocenters. The average Bonchev–Trinajstić information content (AvgIpc) is 2.68. The topological polar surface area (TPSA) is 78.9 Å². The van der Waals surface area contributed by atoms with Crippen LogP contribution < -0.4 is 0 Å². The van der Waals surface area contributed by atoms with E-state index >= 15 is 0 Å². The van der Waals surface area contributed by atoms with Gasteiger partial charge in [0.15, 0.2) is 5.16 Å². The van der Waals surface area contributed by atoms with E-state index in [-0.39, 0.29) is 5.56 Å². The Morgan fingerprint density at radius 3 is 2.82 bits per heavy atom. The molecule has 0 bridgehead atoms. The molecule has 0 spiro atoms. The van der Waals surface area contributed by atoms with Crippen molar-refractivity contribution in [3.63, 3.8) is 0 Å². The Morgan fingerprint density at radius 1 is 1.47 bits per heavy atom. The molecule has 88 valence electrons. The summed E-state index contributed by atoms with van der Waals surface area (Å²) in [5, 5.41) is 10.3. The largest absolute Gasteiger partial charge is 0.478 e. The lowest BCUT2D eigenvalue weighted by Crippen LogP contribution is -2.05. The molecular weight excluding hydrogens is 238 g/mol. The summed E-state index contributed by atoms with van der Waals surface area (Å²) in [5.41, 5.74) is 1.73. The number of aromatic nitrogens is 3. The summed E-state index contributed by atoms with van der Waals surface area (Å²) in [6.07, 6.45) is 3.30. The SMILES string of the molecule is Cc1cc(C)c(C(=O)O)c(Sc2ncc[nH]2)n1. The third-order valence-electron chi connectivity index (χ3n) is 2.19. The van der Waals surface area contributed by atoms with Gasteiger partial charge in [0.1, 0.15) is 5.03 Å². The van der Waals surface area contributed by atoms with Gasteiger partial charge in [0, 0.05) is 18.1 Å². The quantitative estimate of drug-likeness (QED) is 0.872. The molecule has 0 amide bonds. The first-order chi connectivity index (χ1) is 8.08. The number of H-pyrrole nitrogens is 1. The maximum Gasteiger partial charge on any atom is 0.338 e. The first kappa shape index (κ1) is 11.7. The maximum absolute atomic E-state index is 11.2. The van der Waals surface area contributed by atoms with Crippen LogP contribution in [0.15, 0.2) is 28.6 Å². The van der Waals surface area contributed by atoms with Crippen LogP contribution in [-0.2, 0) is 0 Å². The molecule has 17 heavy (non-hydrogen) atoms. The van der Waals surface area contributed by atoms with Crippen molar-refractivity contribution in [2.24, 2.45) is 0 Å². The van der Waals surface area contributed by atoms with Gasteiger partial charge >= 0.3 is 5.97 Å². The first-order valence-electron chi connectivity index (χ1n) is 4.96. The van der Waals surface area contributed by atoms with Gasteiger partial charge in [0.05, 0.1) is 5.56 Å². The molecular formula is C11H11N3O2S. The molecule has 2 heterocycles. The van der Waals surface area contributed by atoms with Gasteiger partial charge in [-0.2, -0.15) is 0 Å². The minimum atomic E-state index is -0.968. The van der Waals surface area contributed by atoms with E-state index in [9.17, 15) is 9.90 Å². The van der Waals surface area contributed by atoms with E-state index in [1.807, 2.05) is 6.92 Å². The number of nitrogens with one attached hydrogen (secondary N) is 1. The third-order valence-corrected chi connectivity index (χ3v) is 3.10. The van der Waals surface area contributed by atoms with Crippen molar-refractivity contribution in [3.8, 4) is 0 Å². The second-order valence-corrected chi connectivity index (χ2v) is 4.54. The highest BCUT2D eigenvalue weighted by molar-refractivity contribution is 7.99. The van der Waals surface area contributed by atoms with Crippen LogP contribution in [0, 0.1) is 13.8 Å². The van der Waals surface area contributed by atoms with Gasteiger partial charge < -0.3 is 10.1 Å². The van der Waals surface area contributed by atoms with Gasteiger partial charge in [-0.25, -0.2) is 14.8 Å². The molecule has 0 saturated heterocycles. The smallest absolute Gasteiger partial charge is 0.338 e. The molecule has 0 aliphatic rings. The minimum Gasteiger partial charge on any atom is -0.478 e. The molecule has 2 aromatic heterocycles. The Bertz CT molecular complexity index is 552. The number of nitrogens with zero attached hydrogens (tertiary/aromatic N) is 2. The number of hydrogen-bond donors (Lipinski definition) is 2. The van der Waals surface area contributed by atoms with Crippen LogP contribution in [0.1, 0.15) is 21.6 Å². The van der Waals surface area contributed by atoms with E-state index in [0.29, 0.717) is 15.7 Å². The van der Waals surface area contributed by atoms with Crippen molar-refractivity contribution in [1.29, 1.82) is 0 Å². The van der Waals surface area contributed by atoms with Crippen molar-refractivity contribution in [3.05, 3.63) is 35.3 Å². The number of hydrogen-bond acceptors (Lipinski definition) is 4. The van der Waals surface area contributed by atoms with Crippen LogP contribution >= 0.6 is 11.8 Å². The number of aromatic carboxylic acids is 1. The average molecular weight is 249 g/mol. The van der Waals surface area contributed by atoms with E-state index in [2.05, 4.69) is 15.0 Å². The Kier molecular flexibility index (Phi) is 3.14. The second-order valence-electron chi connectivity index (χ2n) is 3.56. The van der Waals surface area contributed by atoms with E-state index in [0.717, 1.165) is 5.69 Å². The highest BCUT2D eigenvalue weighted by Gasteiger charge is 2.17. The van der Waals surface area contributed by atoms with Crippen LogP contribution in [0.5, 0.6) is 0 Å². The molecule has 6 heteroatoms. The summed E-state index contributed by atoms with van der Waals surface area (Å²) in [5.74, 6) is -0.968. The van der Waals surface area contributed by atoms with Gasteiger partial charge in [-0.1, -0.05) is 0 Å². The van der Waals surface area contributed by atoms with E-state index in [4.69, 9.17) is 0 Å². The lowest BCUT2D eigenvalue weighted by molar-refractivity contribution is 0.0691. The summed E-state index contributed by atoms with van der Waals surface area (Å²) in [6, 6.07) is 1.76. The van der Waals surface area contributed by atoms with Gasteiger partial charge in [0.25, 0.3) is 0 Å². The molecule has 2 rings (SSSR count). The number of imidazole rings is 1. The standard InChI is InChI=1S/C11H11N3O2S/c1-6-5-7(2)14-9(8(6)10(15)16)17-11-12-3-4-13-11/h3-5H,1-2H3,(H,12,13)(H,15,16). The maximum atomic E-state index is 11.2. The van der Waals surface area contributed by atoms with Crippen molar-refractivity contribution < 1.29 is 9.90 Å². The Labute approximate surface area is 102 Å². The summed E-state index contributed by atoms with van der Waals surface area (Å²) >= 11 is 1.22. The van der Waals surface area contributed by atoms with Gasteiger partial charge in [0.2, 0.25) is 0 Å². The van der Waals surface area contributed by atoms with Crippen molar-refractivity contribution in [2.45, 2.75) is 24.0 Å². The van der Waals surface area contributed by atoms with Crippen LogP contribution in [0.4, 0.5) is 0 Å². The highest BCUT2D eigenvalue weighted by atomic mass is 32.2. The van der Waals surface area contributed by atoms with Crippen LogP contribution in [0.2, 0.25) is 0 Å². The van der Waals surface area contributed by atoms with E-state index < -0.39 is 5.97 Å². The lowest BCUT2D eigenvalue weighted by atomic mass is 10.1. The minimum absolute atomic E-state index is 0.233. The summed E-state index contributed by atoms with van der Waals surface area (Å²) < 4.78 is 0. The monoisotopic (exact) mass is 249 g/mol. The van der Waals surface area contributed by atoms with Crippen molar-refractivity contribution in [1.82, 2.24) is 15.0 Å². The Morgan fingerprint density at radius 2 is 2.24 bits per heavy atom. The number of carboxylic acid groups (broad SMARTS) is 1. The van der Waals surface area contributed by atoms with Gasteiger partial charge in [-0.3, -0.25) is 0 Å². The van der Waals surface area contributed by atoms with Gasteiger partial charge in [-0.15, -0.1) is 0 Å². The fourth-order valence-corrected chi connectivity index (χ4v) is 2.50. The molecule has 5 nitrogen and oxygen atoms in total. The zero-order chi connectivity index (χ0) is 12.4. The first-order valence-corrected chi connectivity index (χ1v) is 5.78. The van der Waals surface area contributed by atoms with Gasteiger partial charge in [-0.05, 0) is 37.2 Å². The zero-order valence-corrected chi connectivity index (χ0v) is 10.2. The normalized spacial score (nSPS) is 10.5. The Balaban J connectivity index is 2.47. The van der Waals surface area contributed by atoms with Crippen LogP contribution in [0.3, 0.4) is 0 Å². The fourth-order valence-electron chi connectivity index (χ4n) is 1.53. The van der Waals surface area contributed by atoms with Crippen LogP contribution in [-0.4, -0.2) is 26.0 Å². The summed E-state index contributed by atoms with van der Waals surface area (Å²) in [7, 11) is 0. The summed E-state index contributed by atoms with van der Waals surface area (Å²) in [4.78, 5) is 22.4. The predicted molar refractivity (Wildman–Crippen MR) is 63.4 cm³/mol. The number of aryl methyl sites for hydroxylation is 2. The summed E-state index contributed by atoms with van der Waals surface area (Å²) in [6.45, 7) is 3.61. The van der Waals surface area contributed by atoms with E-state index in [1.165, 1.54) is 11.8 Å². The third kappa shape index (κ3) is 2.47. The van der Waals surface area contributed by atoms with Crippen LogP contribution in [0.25, 0.3) is 0 Å². The number of carbonyl (C=O) groups is 1.